The summed E-state index contributed by atoms with van der Waals surface area (Å²) in [5.74, 6) is -0.0912. The molecule has 0 spiro atoms. The van der Waals surface area contributed by atoms with Crippen LogP contribution in [0.25, 0.3) is 5.69 Å². The van der Waals surface area contributed by atoms with Gasteiger partial charge in [-0.2, -0.15) is 5.26 Å². The normalized spacial score (nSPS) is 22.1. The number of nitrogens with one attached hydrogen (secondary N) is 1. The van der Waals surface area contributed by atoms with Gasteiger partial charge < -0.3 is 14.8 Å². The van der Waals surface area contributed by atoms with Gasteiger partial charge in [0.05, 0.1) is 26.7 Å². The SMILES string of the molecule is Cc1nccn1-c1ccc(S(=O)(=O)[C@@H]2C[C@@H](C(=O)NC3(C#N)CC3)N(C(=O)C3(c4ccc(Cl)cc4)CC3)C2)c(Cl)c1. The Morgan fingerprint density at radius 1 is 1.10 bits per heavy atom. The summed E-state index contributed by atoms with van der Waals surface area (Å²) < 4.78 is 29.7. The van der Waals surface area contributed by atoms with Gasteiger partial charge in [0.25, 0.3) is 0 Å². The molecule has 9 nitrogen and oxygen atoms in total. The molecular formula is C29H27Cl2N5O4S. The first-order valence-electron chi connectivity index (χ1n) is 13.3. The Labute approximate surface area is 248 Å². The number of halogens is 2. The van der Waals surface area contributed by atoms with E-state index in [4.69, 9.17) is 23.2 Å². The topological polar surface area (TPSA) is 125 Å². The van der Waals surface area contributed by atoms with Gasteiger partial charge in [-0.1, -0.05) is 35.3 Å². The van der Waals surface area contributed by atoms with E-state index in [2.05, 4.69) is 16.4 Å². The molecule has 6 rings (SSSR count). The van der Waals surface area contributed by atoms with Gasteiger partial charge in [-0.25, -0.2) is 13.4 Å². The van der Waals surface area contributed by atoms with Gasteiger partial charge in [-0.15, -0.1) is 0 Å². The second kappa shape index (κ2) is 9.86. The maximum atomic E-state index is 14.1. The molecule has 2 heterocycles. The molecule has 0 radical (unpaired) electrons. The molecule has 1 aliphatic heterocycles. The number of rotatable bonds is 7. The first-order valence-corrected chi connectivity index (χ1v) is 15.6. The van der Waals surface area contributed by atoms with Crippen molar-refractivity contribution < 1.29 is 18.0 Å². The Hall–Kier alpha value is -3.39. The second-order valence-corrected chi connectivity index (χ2v) is 14.1. The third-order valence-electron chi connectivity index (χ3n) is 8.47. The zero-order valence-corrected chi connectivity index (χ0v) is 24.5. The fourth-order valence-electron chi connectivity index (χ4n) is 5.70. The smallest absolute Gasteiger partial charge is 0.244 e. The summed E-state index contributed by atoms with van der Waals surface area (Å²) in [4.78, 5) is 33.1. The van der Waals surface area contributed by atoms with Crippen LogP contribution in [0.15, 0.2) is 59.8 Å². The number of carbonyl (C=O) groups is 2. The zero-order valence-electron chi connectivity index (χ0n) is 22.2. The van der Waals surface area contributed by atoms with Crippen LogP contribution in [-0.2, 0) is 24.8 Å². The highest BCUT2D eigenvalue weighted by atomic mass is 35.5. The van der Waals surface area contributed by atoms with Gasteiger partial charge >= 0.3 is 0 Å². The predicted octanol–water partition coefficient (Wildman–Crippen LogP) is 4.13. The number of sulfone groups is 1. The van der Waals surface area contributed by atoms with Crippen LogP contribution in [0.4, 0.5) is 0 Å². The third kappa shape index (κ3) is 4.80. The Bertz CT molecular complexity index is 1710. The van der Waals surface area contributed by atoms with Crippen molar-refractivity contribution in [3.63, 3.8) is 0 Å². The molecule has 1 saturated heterocycles. The van der Waals surface area contributed by atoms with E-state index < -0.39 is 38.0 Å². The summed E-state index contributed by atoms with van der Waals surface area (Å²) in [7, 11) is -4.04. The number of amides is 2. The summed E-state index contributed by atoms with van der Waals surface area (Å²) in [6, 6.07) is 12.8. The number of likely N-dealkylation sites (tertiary alicyclic amines) is 1. The number of aromatic nitrogens is 2. The molecule has 2 amide bonds. The molecule has 0 unspecified atom stereocenters. The molecule has 3 aromatic rings. The van der Waals surface area contributed by atoms with Crippen LogP contribution in [-0.4, -0.2) is 58.1 Å². The lowest BCUT2D eigenvalue weighted by molar-refractivity contribution is -0.140. The molecule has 2 atom stereocenters. The van der Waals surface area contributed by atoms with E-state index in [1.54, 1.807) is 53.4 Å². The van der Waals surface area contributed by atoms with Crippen LogP contribution in [0.1, 0.15) is 43.5 Å². The van der Waals surface area contributed by atoms with Crippen molar-refractivity contribution in [2.24, 2.45) is 0 Å². The molecule has 41 heavy (non-hydrogen) atoms. The van der Waals surface area contributed by atoms with Gasteiger partial charge in [-0.3, -0.25) is 9.59 Å². The number of imidazole rings is 1. The second-order valence-electron chi connectivity index (χ2n) is 11.1. The zero-order chi connectivity index (χ0) is 29.2. The van der Waals surface area contributed by atoms with E-state index in [1.807, 2.05) is 6.92 Å². The van der Waals surface area contributed by atoms with E-state index in [0.29, 0.717) is 36.4 Å². The minimum absolute atomic E-state index is 0.0441. The highest BCUT2D eigenvalue weighted by molar-refractivity contribution is 7.92. The number of hydrogen-bond donors (Lipinski definition) is 1. The summed E-state index contributed by atoms with van der Waals surface area (Å²) in [5, 5.41) is 11.8. The van der Waals surface area contributed by atoms with Crippen LogP contribution in [0.3, 0.4) is 0 Å². The fraction of sp³-hybridized carbons (Fsp3) is 0.379. The Morgan fingerprint density at radius 2 is 1.80 bits per heavy atom. The number of nitrogens with zero attached hydrogens (tertiary/aromatic N) is 4. The van der Waals surface area contributed by atoms with Crippen molar-refractivity contribution in [1.82, 2.24) is 19.8 Å². The Morgan fingerprint density at radius 3 is 2.37 bits per heavy atom. The van der Waals surface area contributed by atoms with Gasteiger partial charge in [0.1, 0.15) is 17.4 Å². The molecule has 1 N–H and O–H groups in total. The van der Waals surface area contributed by atoms with E-state index in [0.717, 1.165) is 11.4 Å². The lowest BCUT2D eigenvalue weighted by atomic mass is 9.94. The summed E-state index contributed by atoms with van der Waals surface area (Å²) in [6.07, 6.45) is 5.49. The Kier molecular flexibility index (Phi) is 6.68. The van der Waals surface area contributed by atoms with Gasteiger partial charge in [0.15, 0.2) is 9.84 Å². The maximum Gasteiger partial charge on any atom is 0.244 e. The Balaban J connectivity index is 1.32. The third-order valence-corrected chi connectivity index (χ3v) is 11.3. The van der Waals surface area contributed by atoms with Crippen LogP contribution in [0, 0.1) is 18.3 Å². The first-order chi connectivity index (χ1) is 19.5. The van der Waals surface area contributed by atoms with E-state index in [1.165, 1.54) is 11.0 Å². The monoisotopic (exact) mass is 611 g/mol. The van der Waals surface area contributed by atoms with E-state index in [-0.39, 0.29) is 28.8 Å². The molecule has 2 aromatic carbocycles. The quantitative estimate of drug-likeness (QED) is 0.428. The molecule has 2 aliphatic carbocycles. The number of hydrogen-bond acceptors (Lipinski definition) is 6. The van der Waals surface area contributed by atoms with E-state index in [9.17, 15) is 23.3 Å². The van der Waals surface area contributed by atoms with Crippen molar-refractivity contribution in [3.05, 3.63) is 76.3 Å². The number of aryl methyl sites for hydroxylation is 1. The van der Waals surface area contributed by atoms with Gasteiger partial charge in [-0.05, 0) is 74.9 Å². The highest BCUT2D eigenvalue weighted by Gasteiger charge is 2.58. The molecule has 3 fully saturated rings. The fourth-order valence-corrected chi connectivity index (χ4v) is 8.06. The minimum Gasteiger partial charge on any atom is -0.336 e. The summed E-state index contributed by atoms with van der Waals surface area (Å²) in [5.41, 5.74) is -0.354. The summed E-state index contributed by atoms with van der Waals surface area (Å²) in [6.45, 7) is 1.66. The van der Waals surface area contributed by atoms with Crippen LogP contribution in [0.2, 0.25) is 10.0 Å². The van der Waals surface area contributed by atoms with Crippen molar-refractivity contribution in [2.75, 3.05) is 6.54 Å². The molecule has 12 heteroatoms. The van der Waals surface area contributed by atoms with Crippen LogP contribution < -0.4 is 5.32 Å². The number of carbonyl (C=O) groups excluding carboxylic acids is 2. The number of nitriles is 1. The largest absolute Gasteiger partial charge is 0.336 e. The lowest BCUT2D eigenvalue weighted by Gasteiger charge is -2.29. The predicted molar refractivity (Wildman–Crippen MR) is 152 cm³/mol. The average molecular weight is 613 g/mol. The molecule has 1 aromatic heterocycles. The van der Waals surface area contributed by atoms with Crippen molar-refractivity contribution >= 4 is 44.9 Å². The van der Waals surface area contributed by atoms with Crippen molar-refractivity contribution in [1.29, 1.82) is 5.26 Å². The summed E-state index contributed by atoms with van der Waals surface area (Å²) >= 11 is 12.6. The number of benzene rings is 2. The molecular weight excluding hydrogens is 585 g/mol. The van der Waals surface area contributed by atoms with Gasteiger partial charge in [0.2, 0.25) is 11.8 Å². The molecule has 2 saturated carbocycles. The van der Waals surface area contributed by atoms with E-state index >= 15 is 0 Å². The van der Waals surface area contributed by atoms with Crippen molar-refractivity contribution in [3.8, 4) is 11.8 Å². The minimum atomic E-state index is -4.04. The molecule has 3 aliphatic rings. The maximum absolute atomic E-state index is 14.1. The van der Waals surface area contributed by atoms with Crippen molar-refractivity contribution in [2.45, 2.75) is 66.2 Å². The molecule has 212 valence electrons. The molecule has 0 bridgehead atoms. The van der Waals surface area contributed by atoms with Gasteiger partial charge in [0, 0.05) is 29.6 Å². The standard InChI is InChI=1S/C29H27Cl2N5O4S/c1-18-33-12-13-35(18)21-6-7-25(23(31)14-21)41(39,40)22-15-24(26(37)34-28(17-32)8-9-28)36(16-22)27(38)29(10-11-29)19-2-4-20(30)5-3-19/h2-7,12-14,22,24H,8-11,15-16H2,1H3,(H,34,37)/t22-,24+/m1/s1. The highest BCUT2D eigenvalue weighted by Crippen LogP contribution is 2.51. The van der Waals surface area contributed by atoms with Crippen LogP contribution in [0.5, 0.6) is 0 Å². The lowest BCUT2D eigenvalue weighted by Crippen LogP contribution is -2.51. The average Bonchev–Trinajstić information content (AvgIpc) is 3.82. The first kappa shape index (κ1) is 27.8. The van der Waals surface area contributed by atoms with Crippen LogP contribution >= 0.6 is 23.2 Å².